The molecule has 1 aliphatic heterocycles. The van der Waals surface area contributed by atoms with Crippen molar-refractivity contribution in [2.24, 2.45) is 11.8 Å². The molecule has 2 bridgehead atoms. The Bertz CT molecular complexity index is 453. The SMILES string of the molecule is C=C(C)C(=O)OC(C)OC12CC3OC(=O)C(C1)C3C2. The van der Waals surface area contributed by atoms with Crippen LogP contribution >= 0.6 is 0 Å². The molecule has 2 aliphatic carbocycles. The molecular formula is C14H18O5. The lowest BCUT2D eigenvalue weighted by molar-refractivity contribution is -0.203. The number of hydrogen-bond donors (Lipinski definition) is 0. The van der Waals surface area contributed by atoms with E-state index in [4.69, 9.17) is 14.2 Å². The van der Waals surface area contributed by atoms with Crippen molar-refractivity contribution in [3.63, 3.8) is 0 Å². The first-order valence-electron chi connectivity index (χ1n) is 6.65. The Balaban J connectivity index is 1.64. The summed E-state index contributed by atoms with van der Waals surface area (Å²) >= 11 is 0. The van der Waals surface area contributed by atoms with Gasteiger partial charge in [-0.15, -0.1) is 0 Å². The average molecular weight is 266 g/mol. The van der Waals surface area contributed by atoms with Gasteiger partial charge in [0.05, 0.1) is 11.5 Å². The number of carbonyl (C=O) groups excluding carboxylic acids is 2. The molecule has 19 heavy (non-hydrogen) atoms. The largest absolute Gasteiger partial charge is 0.462 e. The number of rotatable bonds is 4. The molecule has 5 unspecified atom stereocenters. The number of ether oxygens (including phenoxy) is 3. The molecule has 3 rings (SSSR count). The molecule has 1 heterocycles. The standard InChI is InChI=1S/C14H18O5/c1-7(2)12(15)17-8(3)19-14-4-9-10(5-14)13(16)18-11(9)6-14/h8-11H,1,4-6H2,2-3H3. The third kappa shape index (κ3) is 1.96. The lowest BCUT2D eigenvalue weighted by Gasteiger charge is -2.30. The molecule has 2 saturated carbocycles. The maximum Gasteiger partial charge on any atom is 0.335 e. The van der Waals surface area contributed by atoms with Crippen LogP contribution in [-0.2, 0) is 23.8 Å². The second kappa shape index (κ2) is 4.07. The molecule has 0 aromatic rings. The van der Waals surface area contributed by atoms with Crippen LogP contribution in [0.2, 0.25) is 0 Å². The first kappa shape index (κ1) is 12.7. The van der Waals surface area contributed by atoms with Crippen molar-refractivity contribution in [1.29, 1.82) is 0 Å². The van der Waals surface area contributed by atoms with Gasteiger partial charge < -0.3 is 14.2 Å². The van der Waals surface area contributed by atoms with Crippen LogP contribution < -0.4 is 0 Å². The molecule has 3 aliphatic rings. The Kier molecular flexibility index (Phi) is 2.71. The molecule has 0 spiro atoms. The number of hydrogen-bond acceptors (Lipinski definition) is 5. The Morgan fingerprint density at radius 3 is 2.79 bits per heavy atom. The molecule has 0 N–H and O–H groups in total. The monoisotopic (exact) mass is 266 g/mol. The van der Waals surface area contributed by atoms with E-state index in [0.29, 0.717) is 12.0 Å². The van der Waals surface area contributed by atoms with Gasteiger partial charge in [-0.25, -0.2) is 4.79 Å². The molecule has 0 aromatic carbocycles. The Hall–Kier alpha value is -1.36. The molecule has 0 aromatic heterocycles. The Labute approximate surface area is 111 Å². The third-order valence-electron chi connectivity index (χ3n) is 4.37. The first-order valence-corrected chi connectivity index (χ1v) is 6.65. The molecule has 5 nitrogen and oxygen atoms in total. The fourth-order valence-corrected chi connectivity index (χ4v) is 3.68. The van der Waals surface area contributed by atoms with E-state index in [2.05, 4.69) is 6.58 Å². The van der Waals surface area contributed by atoms with Crippen LogP contribution in [0.3, 0.4) is 0 Å². The highest BCUT2D eigenvalue weighted by Crippen LogP contribution is 2.58. The lowest BCUT2D eigenvalue weighted by atomic mass is 9.88. The van der Waals surface area contributed by atoms with Gasteiger partial charge in [-0.05, 0) is 26.7 Å². The molecule has 0 amide bonds. The quantitative estimate of drug-likeness (QED) is 0.439. The maximum atomic E-state index is 11.6. The van der Waals surface area contributed by atoms with Crippen molar-refractivity contribution < 1.29 is 23.8 Å². The van der Waals surface area contributed by atoms with Gasteiger partial charge in [0.25, 0.3) is 0 Å². The van der Waals surface area contributed by atoms with Crippen molar-refractivity contribution in [3.05, 3.63) is 12.2 Å². The van der Waals surface area contributed by atoms with Crippen molar-refractivity contribution in [2.45, 2.75) is 51.1 Å². The second-order valence-corrected chi connectivity index (χ2v) is 5.91. The number of carbonyl (C=O) groups is 2. The minimum atomic E-state index is -0.629. The summed E-state index contributed by atoms with van der Waals surface area (Å²) in [6, 6.07) is 0. The van der Waals surface area contributed by atoms with Gasteiger partial charge in [-0.3, -0.25) is 4.79 Å². The van der Waals surface area contributed by atoms with Crippen molar-refractivity contribution >= 4 is 11.9 Å². The highest BCUT2D eigenvalue weighted by molar-refractivity contribution is 5.87. The summed E-state index contributed by atoms with van der Waals surface area (Å²) in [5, 5.41) is 0. The third-order valence-corrected chi connectivity index (χ3v) is 4.37. The summed E-state index contributed by atoms with van der Waals surface area (Å²) in [5.41, 5.74) is -0.0109. The van der Waals surface area contributed by atoms with E-state index in [9.17, 15) is 9.59 Å². The van der Waals surface area contributed by atoms with E-state index in [-0.39, 0.29) is 29.5 Å². The minimum absolute atomic E-state index is 0.00436. The van der Waals surface area contributed by atoms with Gasteiger partial charge in [0.2, 0.25) is 6.29 Å². The van der Waals surface area contributed by atoms with Crippen LogP contribution in [0.1, 0.15) is 33.1 Å². The van der Waals surface area contributed by atoms with E-state index >= 15 is 0 Å². The fourth-order valence-electron chi connectivity index (χ4n) is 3.68. The molecule has 104 valence electrons. The van der Waals surface area contributed by atoms with E-state index in [0.717, 1.165) is 12.8 Å². The minimum Gasteiger partial charge on any atom is -0.462 e. The summed E-state index contributed by atoms with van der Waals surface area (Å²) < 4.78 is 16.4. The molecule has 0 radical (unpaired) electrons. The van der Waals surface area contributed by atoms with Gasteiger partial charge in [0, 0.05) is 17.9 Å². The van der Waals surface area contributed by atoms with E-state index in [1.54, 1.807) is 13.8 Å². The van der Waals surface area contributed by atoms with Crippen molar-refractivity contribution in [3.8, 4) is 0 Å². The highest BCUT2D eigenvalue weighted by Gasteiger charge is 2.64. The van der Waals surface area contributed by atoms with Gasteiger partial charge >= 0.3 is 11.9 Å². The van der Waals surface area contributed by atoms with Crippen LogP contribution in [0.15, 0.2) is 12.2 Å². The van der Waals surface area contributed by atoms with Gasteiger partial charge in [0.15, 0.2) is 0 Å². The fraction of sp³-hybridized carbons (Fsp3) is 0.714. The van der Waals surface area contributed by atoms with E-state index < -0.39 is 12.3 Å². The van der Waals surface area contributed by atoms with E-state index in [1.807, 2.05) is 0 Å². The van der Waals surface area contributed by atoms with Crippen molar-refractivity contribution in [1.82, 2.24) is 0 Å². The second-order valence-electron chi connectivity index (χ2n) is 5.91. The summed E-state index contributed by atoms with van der Waals surface area (Å²) in [6.45, 7) is 6.83. The molecule has 5 heteroatoms. The zero-order chi connectivity index (χ0) is 13.8. The number of fused-ring (bicyclic) bond motifs is 1. The smallest absolute Gasteiger partial charge is 0.335 e. The van der Waals surface area contributed by atoms with E-state index in [1.165, 1.54) is 0 Å². The van der Waals surface area contributed by atoms with Crippen LogP contribution in [0.5, 0.6) is 0 Å². The zero-order valence-corrected chi connectivity index (χ0v) is 11.2. The van der Waals surface area contributed by atoms with Crippen LogP contribution in [0.25, 0.3) is 0 Å². The highest BCUT2D eigenvalue weighted by atomic mass is 16.7. The maximum absolute atomic E-state index is 11.6. The predicted octanol–water partition coefficient (Wildman–Crippen LogP) is 1.56. The Morgan fingerprint density at radius 2 is 2.21 bits per heavy atom. The van der Waals surface area contributed by atoms with Crippen molar-refractivity contribution in [2.75, 3.05) is 0 Å². The summed E-state index contributed by atoms with van der Waals surface area (Å²) in [5.74, 6) is -0.282. The van der Waals surface area contributed by atoms with Crippen LogP contribution in [-0.4, -0.2) is 29.9 Å². The van der Waals surface area contributed by atoms with Gasteiger partial charge in [-0.1, -0.05) is 6.58 Å². The van der Waals surface area contributed by atoms with Gasteiger partial charge in [0.1, 0.15) is 6.10 Å². The van der Waals surface area contributed by atoms with Gasteiger partial charge in [-0.2, -0.15) is 0 Å². The molecule has 1 saturated heterocycles. The molecular weight excluding hydrogens is 248 g/mol. The summed E-state index contributed by atoms with van der Waals surface area (Å²) in [6.07, 6.45) is 1.59. The topological polar surface area (TPSA) is 61.8 Å². The average Bonchev–Trinajstić information content (AvgIpc) is 2.86. The molecule has 5 atom stereocenters. The Morgan fingerprint density at radius 1 is 1.47 bits per heavy atom. The lowest BCUT2D eigenvalue weighted by Crippen LogP contribution is -2.36. The first-order chi connectivity index (χ1) is 8.90. The predicted molar refractivity (Wildman–Crippen MR) is 64.9 cm³/mol. The summed E-state index contributed by atoms with van der Waals surface area (Å²) in [7, 11) is 0. The molecule has 3 fully saturated rings. The van der Waals surface area contributed by atoms with Crippen LogP contribution in [0.4, 0.5) is 0 Å². The van der Waals surface area contributed by atoms with Crippen LogP contribution in [0, 0.1) is 11.8 Å². The normalized spacial score (nSPS) is 40.1. The zero-order valence-electron chi connectivity index (χ0n) is 11.2. The number of esters is 2. The summed E-state index contributed by atoms with van der Waals surface area (Å²) in [4.78, 5) is 23.1.